The monoisotopic (exact) mass is 643 g/mol. The molecular weight excluding hydrogens is 605 g/mol. The van der Waals surface area contributed by atoms with E-state index in [1.807, 2.05) is 61.5 Å². The largest absolute Gasteiger partial charge is 0.352 e. The lowest BCUT2D eigenvalue weighted by atomic mass is 10.0. The second-order valence-electron chi connectivity index (χ2n) is 11.2. The Morgan fingerprint density at radius 3 is 2.33 bits per heavy atom. The van der Waals surface area contributed by atoms with Crippen LogP contribution in [0.5, 0.6) is 0 Å². The first-order valence-corrected chi connectivity index (χ1v) is 17.2. The van der Waals surface area contributed by atoms with Crippen LogP contribution in [0.3, 0.4) is 0 Å². The minimum atomic E-state index is -3.71. The van der Waals surface area contributed by atoms with E-state index in [1.54, 1.807) is 17.0 Å². The molecule has 1 N–H and O–H groups in total. The normalized spacial score (nSPS) is 14.3. The van der Waals surface area contributed by atoms with E-state index in [1.165, 1.54) is 10.4 Å². The molecule has 2 amide bonds. The standard InChI is InChI=1S/C33H39Cl2N3O4S/c1-24-11-6-7-14-26(24)23-37(31(21-25-12-4-3-5-13-25)33(40)36-28-15-8-9-16-28)32(39)17-10-20-38(43(2,41)42)30-22-27(34)18-19-29(30)35/h3-7,11-14,18-19,22,28,31H,8-10,15-17,20-21,23H2,1-2H3,(H,36,40)/t31-/m1/s1. The molecule has 1 atom stereocenters. The van der Waals surface area contributed by atoms with Crippen LogP contribution in [-0.4, -0.2) is 50.0 Å². The summed E-state index contributed by atoms with van der Waals surface area (Å²) in [5, 5.41) is 3.81. The molecule has 0 radical (unpaired) electrons. The highest BCUT2D eigenvalue weighted by Gasteiger charge is 2.32. The second-order valence-corrected chi connectivity index (χ2v) is 13.9. The number of sulfonamides is 1. The van der Waals surface area contributed by atoms with Crippen LogP contribution in [0.2, 0.25) is 10.0 Å². The molecule has 0 aliphatic heterocycles. The van der Waals surface area contributed by atoms with Crippen LogP contribution in [0, 0.1) is 6.92 Å². The van der Waals surface area contributed by atoms with Crippen molar-refractivity contribution >= 4 is 50.7 Å². The number of nitrogens with zero attached hydrogens (tertiary/aromatic N) is 2. The van der Waals surface area contributed by atoms with Gasteiger partial charge in [0.1, 0.15) is 6.04 Å². The highest BCUT2D eigenvalue weighted by molar-refractivity contribution is 7.92. The summed E-state index contributed by atoms with van der Waals surface area (Å²) in [4.78, 5) is 29.6. The molecule has 0 bridgehead atoms. The van der Waals surface area contributed by atoms with E-state index in [9.17, 15) is 18.0 Å². The Balaban J connectivity index is 1.61. The molecule has 3 aromatic rings. The Kier molecular flexibility index (Phi) is 11.5. The molecule has 0 saturated heterocycles. The Hall–Kier alpha value is -3.07. The van der Waals surface area contributed by atoms with Crippen LogP contribution in [0.1, 0.15) is 55.2 Å². The predicted molar refractivity (Wildman–Crippen MR) is 174 cm³/mol. The molecule has 4 rings (SSSR count). The van der Waals surface area contributed by atoms with Gasteiger partial charge in [0.05, 0.1) is 17.0 Å². The summed E-state index contributed by atoms with van der Waals surface area (Å²) in [5.41, 5.74) is 3.19. The number of hydrogen-bond donors (Lipinski definition) is 1. The Morgan fingerprint density at radius 1 is 0.977 bits per heavy atom. The van der Waals surface area contributed by atoms with Crippen molar-refractivity contribution in [2.45, 2.75) is 70.5 Å². The van der Waals surface area contributed by atoms with Crippen molar-refractivity contribution in [1.82, 2.24) is 10.2 Å². The van der Waals surface area contributed by atoms with Gasteiger partial charge in [0.15, 0.2) is 0 Å². The average molecular weight is 645 g/mol. The first-order chi connectivity index (χ1) is 20.5. The van der Waals surface area contributed by atoms with Crippen molar-refractivity contribution in [2.24, 2.45) is 0 Å². The molecule has 1 aliphatic carbocycles. The van der Waals surface area contributed by atoms with E-state index < -0.39 is 16.1 Å². The molecular formula is C33H39Cl2N3O4S. The van der Waals surface area contributed by atoms with Crippen LogP contribution in [0.4, 0.5) is 5.69 Å². The van der Waals surface area contributed by atoms with Crippen LogP contribution < -0.4 is 9.62 Å². The van der Waals surface area contributed by atoms with Gasteiger partial charge in [-0.1, -0.05) is 90.6 Å². The zero-order valence-electron chi connectivity index (χ0n) is 24.6. The van der Waals surface area contributed by atoms with Crippen molar-refractivity contribution < 1.29 is 18.0 Å². The third kappa shape index (κ3) is 9.21. The van der Waals surface area contributed by atoms with Crippen molar-refractivity contribution in [1.29, 1.82) is 0 Å². The number of rotatable bonds is 13. The van der Waals surface area contributed by atoms with Gasteiger partial charge in [-0.2, -0.15) is 0 Å². The van der Waals surface area contributed by atoms with E-state index >= 15 is 0 Å². The summed E-state index contributed by atoms with van der Waals surface area (Å²) < 4.78 is 26.6. The van der Waals surface area contributed by atoms with Gasteiger partial charge in [0.25, 0.3) is 0 Å². The zero-order valence-corrected chi connectivity index (χ0v) is 27.0. The molecule has 43 heavy (non-hydrogen) atoms. The second kappa shape index (κ2) is 15.1. The number of amides is 2. The summed E-state index contributed by atoms with van der Waals surface area (Å²) in [7, 11) is -3.71. The van der Waals surface area contributed by atoms with Gasteiger partial charge in [0.2, 0.25) is 21.8 Å². The summed E-state index contributed by atoms with van der Waals surface area (Å²) in [5.74, 6) is -0.391. The number of aryl methyl sites for hydroxylation is 1. The number of carbonyl (C=O) groups excluding carboxylic acids is 2. The van der Waals surface area contributed by atoms with Crippen LogP contribution >= 0.6 is 23.2 Å². The lowest BCUT2D eigenvalue weighted by Crippen LogP contribution is -2.52. The van der Waals surface area contributed by atoms with E-state index in [0.29, 0.717) is 11.4 Å². The molecule has 0 heterocycles. The van der Waals surface area contributed by atoms with Gasteiger partial charge in [0, 0.05) is 37.0 Å². The highest BCUT2D eigenvalue weighted by atomic mass is 35.5. The molecule has 10 heteroatoms. The topological polar surface area (TPSA) is 86.8 Å². The first-order valence-electron chi connectivity index (χ1n) is 14.6. The maximum Gasteiger partial charge on any atom is 0.243 e. The van der Waals surface area contributed by atoms with E-state index in [4.69, 9.17) is 23.2 Å². The smallest absolute Gasteiger partial charge is 0.243 e. The molecule has 0 spiro atoms. The number of halogens is 2. The number of hydrogen-bond acceptors (Lipinski definition) is 4. The Morgan fingerprint density at radius 2 is 1.65 bits per heavy atom. The Bertz CT molecular complexity index is 1510. The zero-order chi connectivity index (χ0) is 31.0. The molecule has 0 aromatic heterocycles. The maximum atomic E-state index is 14.1. The van der Waals surface area contributed by atoms with Gasteiger partial charge >= 0.3 is 0 Å². The molecule has 230 valence electrons. The summed E-state index contributed by atoms with van der Waals surface area (Å²) >= 11 is 12.5. The average Bonchev–Trinajstić information content (AvgIpc) is 3.48. The number of anilines is 1. The fourth-order valence-electron chi connectivity index (χ4n) is 5.55. The fourth-order valence-corrected chi connectivity index (χ4v) is 6.96. The van der Waals surface area contributed by atoms with Crippen molar-refractivity contribution in [2.75, 3.05) is 17.1 Å². The molecule has 0 unspecified atom stereocenters. The SMILES string of the molecule is Cc1ccccc1CN(C(=O)CCCN(c1cc(Cl)ccc1Cl)S(C)(=O)=O)[C@H](Cc1ccccc1)C(=O)NC1CCCC1. The lowest BCUT2D eigenvalue weighted by Gasteiger charge is -2.33. The third-order valence-electron chi connectivity index (χ3n) is 7.90. The number of nitrogens with one attached hydrogen (secondary N) is 1. The van der Waals surface area contributed by atoms with Crippen LogP contribution in [0.15, 0.2) is 72.8 Å². The van der Waals surface area contributed by atoms with Crippen molar-refractivity contribution in [3.63, 3.8) is 0 Å². The number of carbonyl (C=O) groups is 2. The third-order valence-corrected chi connectivity index (χ3v) is 9.64. The van der Waals surface area contributed by atoms with Gasteiger partial charge < -0.3 is 10.2 Å². The van der Waals surface area contributed by atoms with Gasteiger partial charge in [-0.25, -0.2) is 8.42 Å². The minimum Gasteiger partial charge on any atom is -0.352 e. The highest BCUT2D eigenvalue weighted by Crippen LogP contribution is 2.31. The summed E-state index contributed by atoms with van der Waals surface area (Å²) in [6, 6.07) is 21.5. The lowest BCUT2D eigenvalue weighted by molar-refractivity contribution is -0.141. The summed E-state index contributed by atoms with van der Waals surface area (Å²) in [6.45, 7) is 2.28. The van der Waals surface area contributed by atoms with Gasteiger partial charge in [-0.3, -0.25) is 13.9 Å². The molecule has 1 saturated carbocycles. The fraction of sp³-hybridized carbons (Fsp3) is 0.394. The minimum absolute atomic E-state index is 0.0282. The maximum absolute atomic E-state index is 14.1. The van der Waals surface area contributed by atoms with Crippen LogP contribution in [0.25, 0.3) is 0 Å². The van der Waals surface area contributed by atoms with E-state index in [-0.39, 0.29) is 54.5 Å². The predicted octanol–water partition coefficient (Wildman–Crippen LogP) is 6.55. The quantitative estimate of drug-likeness (QED) is 0.229. The van der Waals surface area contributed by atoms with Crippen molar-refractivity contribution in [3.05, 3.63) is 99.5 Å². The molecule has 7 nitrogen and oxygen atoms in total. The van der Waals surface area contributed by atoms with Gasteiger partial charge in [-0.05, 0) is 61.1 Å². The van der Waals surface area contributed by atoms with Crippen LogP contribution in [-0.2, 0) is 32.6 Å². The van der Waals surface area contributed by atoms with Gasteiger partial charge in [-0.15, -0.1) is 0 Å². The summed E-state index contributed by atoms with van der Waals surface area (Å²) in [6.07, 6.45) is 5.75. The molecule has 1 aliphatic rings. The van der Waals surface area contributed by atoms with E-state index in [2.05, 4.69) is 5.32 Å². The molecule has 1 fully saturated rings. The Labute approximate surface area is 265 Å². The van der Waals surface area contributed by atoms with Crippen molar-refractivity contribution in [3.8, 4) is 0 Å². The first kappa shape index (κ1) is 32.8. The molecule has 3 aromatic carbocycles. The number of benzene rings is 3. The van der Waals surface area contributed by atoms with E-state index in [0.717, 1.165) is 48.6 Å².